The summed E-state index contributed by atoms with van der Waals surface area (Å²) in [5.41, 5.74) is 2.81. The number of amides is 2. The third kappa shape index (κ3) is 4.95. The number of ether oxygens (including phenoxy) is 1. The summed E-state index contributed by atoms with van der Waals surface area (Å²) in [6.07, 6.45) is 3.29. The smallest absolute Gasteiger partial charge is 0.258 e. The Labute approximate surface area is 203 Å². The van der Waals surface area contributed by atoms with E-state index in [9.17, 15) is 14.7 Å². The molecule has 2 amide bonds. The molecule has 9 heteroatoms. The van der Waals surface area contributed by atoms with Crippen molar-refractivity contribution in [3.63, 3.8) is 0 Å². The number of phenols is 1. The van der Waals surface area contributed by atoms with Crippen molar-refractivity contribution < 1.29 is 19.4 Å². The van der Waals surface area contributed by atoms with Gasteiger partial charge < -0.3 is 24.5 Å². The van der Waals surface area contributed by atoms with Gasteiger partial charge in [0.1, 0.15) is 11.5 Å². The first-order valence-electron chi connectivity index (χ1n) is 10.3. The molecule has 1 heterocycles. The first kappa shape index (κ1) is 24.9. The summed E-state index contributed by atoms with van der Waals surface area (Å²) in [4.78, 5) is 31.1. The Hall–Kier alpha value is -2.74. The number of hydrogen-bond donors (Lipinski definition) is 1. The fourth-order valence-electron chi connectivity index (χ4n) is 3.84. The van der Waals surface area contributed by atoms with Crippen LogP contribution in [0.2, 0.25) is 10.0 Å². The van der Waals surface area contributed by atoms with E-state index >= 15 is 0 Å². The predicted octanol–water partition coefficient (Wildman–Crippen LogP) is 4.25. The summed E-state index contributed by atoms with van der Waals surface area (Å²) in [6, 6.07) is 4.91. The highest BCUT2D eigenvalue weighted by Gasteiger charge is 2.32. The van der Waals surface area contributed by atoms with Crippen LogP contribution in [-0.4, -0.2) is 61.5 Å². The van der Waals surface area contributed by atoms with Gasteiger partial charge in [-0.3, -0.25) is 9.59 Å². The number of aromatic hydroxyl groups is 1. The topological polar surface area (TPSA) is 73.3 Å². The number of carbonyl (C=O) groups excluding carboxylic acids is 2. The van der Waals surface area contributed by atoms with E-state index in [1.54, 1.807) is 31.0 Å². The summed E-state index contributed by atoms with van der Waals surface area (Å²) in [5, 5.41) is 11.2. The van der Waals surface area contributed by atoms with Crippen molar-refractivity contribution in [3.8, 4) is 11.5 Å². The van der Waals surface area contributed by atoms with E-state index in [0.29, 0.717) is 35.1 Å². The zero-order valence-corrected chi connectivity index (χ0v) is 20.8. The number of rotatable bonds is 6. The molecule has 3 rings (SSSR count). The highest BCUT2D eigenvalue weighted by Crippen LogP contribution is 2.40. The first-order chi connectivity index (χ1) is 15.6. The van der Waals surface area contributed by atoms with Gasteiger partial charge in [0.25, 0.3) is 5.91 Å². The van der Waals surface area contributed by atoms with E-state index < -0.39 is 0 Å². The van der Waals surface area contributed by atoms with Crippen LogP contribution in [0, 0.1) is 6.92 Å². The van der Waals surface area contributed by atoms with Gasteiger partial charge in [0, 0.05) is 44.4 Å². The largest absolute Gasteiger partial charge is 0.507 e. The maximum Gasteiger partial charge on any atom is 0.258 e. The van der Waals surface area contributed by atoms with Crippen LogP contribution in [0.25, 0.3) is 0 Å². The van der Waals surface area contributed by atoms with Gasteiger partial charge in [-0.1, -0.05) is 35.3 Å². The van der Waals surface area contributed by atoms with Crippen molar-refractivity contribution >= 4 is 40.7 Å². The normalized spacial score (nSPS) is 13.0. The minimum atomic E-state index is -0.368. The highest BCUT2D eigenvalue weighted by molar-refractivity contribution is 6.34. The van der Waals surface area contributed by atoms with Crippen molar-refractivity contribution in [3.05, 3.63) is 62.7 Å². The van der Waals surface area contributed by atoms with E-state index in [1.807, 2.05) is 25.1 Å². The summed E-state index contributed by atoms with van der Waals surface area (Å²) >= 11 is 12.8. The highest BCUT2D eigenvalue weighted by atomic mass is 35.5. The number of methoxy groups -OCH3 is 1. The van der Waals surface area contributed by atoms with Crippen molar-refractivity contribution in [2.24, 2.45) is 0 Å². The molecule has 1 aliphatic rings. The number of nitrogens with zero attached hydrogens (tertiary/aromatic N) is 3. The fraction of sp³-hybridized carbons (Fsp3) is 0.333. The molecule has 0 aromatic heterocycles. The Bertz CT molecular complexity index is 1130. The molecule has 0 atom stereocenters. The lowest BCUT2D eigenvalue weighted by Crippen LogP contribution is -2.28. The van der Waals surface area contributed by atoms with Gasteiger partial charge in [-0.05, 0) is 38.2 Å². The third-order valence-electron chi connectivity index (χ3n) is 5.60. The van der Waals surface area contributed by atoms with Crippen LogP contribution in [0.15, 0.2) is 30.4 Å². The van der Waals surface area contributed by atoms with Crippen molar-refractivity contribution in [2.45, 2.75) is 20.0 Å². The lowest BCUT2D eigenvalue weighted by Gasteiger charge is -2.22. The number of phenolic OH excluding ortho intramolecular Hbond substituents is 1. The molecule has 1 aliphatic heterocycles. The number of fused-ring (bicyclic) bond motifs is 1. The van der Waals surface area contributed by atoms with Crippen molar-refractivity contribution in [1.82, 2.24) is 9.80 Å². The van der Waals surface area contributed by atoms with E-state index in [1.165, 1.54) is 24.2 Å². The molecule has 0 spiro atoms. The van der Waals surface area contributed by atoms with Gasteiger partial charge in [-0.15, -0.1) is 0 Å². The van der Waals surface area contributed by atoms with Gasteiger partial charge in [0.15, 0.2) is 0 Å². The molecule has 0 aliphatic carbocycles. The van der Waals surface area contributed by atoms with Crippen molar-refractivity contribution in [2.75, 3.05) is 39.7 Å². The minimum Gasteiger partial charge on any atom is -0.507 e. The number of carbonyl (C=O) groups is 2. The maximum absolute atomic E-state index is 13.4. The second-order valence-corrected chi connectivity index (χ2v) is 8.95. The molecule has 176 valence electrons. The minimum absolute atomic E-state index is 0.123. The molecule has 33 heavy (non-hydrogen) atoms. The lowest BCUT2D eigenvalue weighted by atomic mass is 10.1. The van der Waals surface area contributed by atoms with Gasteiger partial charge in [0.05, 0.1) is 28.4 Å². The van der Waals surface area contributed by atoms with Crippen molar-refractivity contribution in [1.29, 1.82) is 0 Å². The van der Waals surface area contributed by atoms with Gasteiger partial charge in [-0.2, -0.15) is 0 Å². The predicted molar refractivity (Wildman–Crippen MR) is 131 cm³/mol. The van der Waals surface area contributed by atoms with Crippen LogP contribution < -0.4 is 9.64 Å². The molecule has 0 fully saturated rings. The molecule has 2 aromatic carbocycles. The van der Waals surface area contributed by atoms with Crippen LogP contribution in [0.5, 0.6) is 11.5 Å². The number of anilines is 1. The molecule has 0 radical (unpaired) electrons. The average Bonchev–Trinajstić information content (AvgIpc) is 3.19. The average molecular weight is 492 g/mol. The molecule has 0 saturated heterocycles. The van der Waals surface area contributed by atoms with E-state index in [-0.39, 0.29) is 34.7 Å². The van der Waals surface area contributed by atoms with Crippen LogP contribution in [-0.2, 0) is 17.9 Å². The molecule has 1 N–H and O–H groups in total. The first-order valence-corrected chi connectivity index (χ1v) is 11.1. The van der Waals surface area contributed by atoms with E-state index in [2.05, 4.69) is 0 Å². The summed E-state index contributed by atoms with van der Waals surface area (Å²) < 4.78 is 5.16. The Morgan fingerprint density at radius 2 is 1.91 bits per heavy atom. The van der Waals surface area contributed by atoms with Crippen LogP contribution >= 0.6 is 23.2 Å². The van der Waals surface area contributed by atoms with Gasteiger partial charge in [0.2, 0.25) is 5.91 Å². The van der Waals surface area contributed by atoms with E-state index in [4.69, 9.17) is 27.9 Å². The molecular weight excluding hydrogens is 465 g/mol. The quantitative estimate of drug-likeness (QED) is 0.611. The zero-order chi connectivity index (χ0) is 24.4. The number of likely N-dealkylation sites (N-methyl/N-ethyl adjacent to an activating group) is 2. The third-order valence-corrected chi connectivity index (χ3v) is 6.38. The van der Waals surface area contributed by atoms with Crippen LogP contribution in [0.1, 0.15) is 27.0 Å². The standard InChI is InChI=1S/C24H27Cl2N3O4/c1-14-21(18(30)11-19(33-5)22(14)26)24(32)29-12-15-8-9-17(25)23(16(15)13-29)28(4)20(31)7-6-10-27(2)3/h6-9,11,30H,10,12-13H2,1-5H3/b7-6+. The van der Waals surface area contributed by atoms with Gasteiger partial charge in [-0.25, -0.2) is 0 Å². The number of hydrogen-bond acceptors (Lipinski definition) is 5. The Morgan fingerprint density at radius 3 is 2.55 bits per heavy atom. The molecular formula is C24H27Cl2N3O4. The zero-order valence-electron chi connectivity index (χ0n) is 19.3. The molecule has 0 bridgehead atoms. The second kappa shape index (κ2) is 10.0. The van der Waals surface area contributed by atoms with Gasteiger partial charge >= 0.3 is 0 Å². The Balaban J connectivity index is 1.91. The molecule has 0 unspecified atom stereocenters. The number of halogens is 2. The summed E-state index contributed by atoms with van der Waals surface area (Å²) in [6.45, 7) is 2.86. The monoisotopic (exact) mass is 491 g/mol. The maximum atomic E-state index is 13.4. The lowest BCUT2D eigenvalue weighted by molar-refractivity contribution is -0.113. The Morgan fingerprint density at radius 1 is 1.21 bits per heavy atom. The van der Waals surface area contributed by atoms with Crippen LogP contribution in [0.4, 0.5) is 5.69 Å². The van der Waals surface area contributed by atoms with E-state index in [0.717, 1.165) is 11.1 Å². The molecule has 2 aromatic rings. The summed E-state index contributed by atoms with van der Waals surface area (Å²) in [7, 11) is 6.94. The fourth-order valence-corrected chi connectivity index (χ4v) is 4.37. The summed E-state index contributed by atoms with van der Waals surface area (Å²) in [5.74, 6) is -0.490. The SMILES string of the molecule is COc1cc(O)c(C(=O)N2Cc3ccc(Cl)c(N(C)C(=O)/C=C/CN(C)C)c3C2)c(C)c1Cl. The second-order valence-electron chi connectivity index (χ2n) is 8.17. The Kier molecular flexibility index (Phi) is 7.57. The number of benzene rings is 2. The molecule has 7 nitrogen and oxygen atoms in total. The molecule has 0 saturated carbocycles. The van der Waals surface area contributed by atoms with Crippen LogP contribution in [0.3, 0.4) is 0 Å².